The van der Waals surface area contributed by atoms with Gasteiger partial charge in [0, 0.05) is 12.3 Å². The number of aromatic nitrogens is 1. The molecule has 116 valence electrons. The summed E-state index contributed by atoms with van der Waals surface area (Å²) in [6.45, 7) is 1.87. The van der Waals surface area contributed by atoms with Crippen LogP contribution < -0.4 is 4.74 Å². The van der Waals surface area contributed by atoms with E-state index in [1.165, 1.54) is 0 Å². The first-order valence-electron chi connectivity index (χ1n) is 6.17. The predicted octanol–water partition coefficient (Wildman–Crippen LogP) is 3.90. The summed E-state index contributed by atoms with van der Waals surface area (Å²) >= 11 is 0. The summed E-state index contributed by atoms with van der Waals surface area (Å²) in [5.41, 5.74) is -0.257. The third kappa shape index (κ3) is 3.72. The van der Waals surface area contributed by atoms with Crippen LogP contribution in [0.4, 0.5) is 18.9 Å². The molecule has 2 rings (SSSR count). The lowest BCUT2D eigenvalue weighted by Crippen LogP contribution is -2.08. The molecule has 0 saturated heterocycles. The zero-order valence-corrected chi connectivity index (χ0v) is 11.4. The first-order chi connectivity index (χ1) is 10.3. The smallest absolute Gasteiger partial charge is 0.418 e. The van der Waals surface area contributed by atoms with Crippen molar-refractivity contribution in [1.29, 1.82) is 0 Å². The Kier molecular flexibility index (Phi) is 4.30. The molecule has 0 N–H and O–H groups in total. The lowest BCUT2D eigenvalue weighted by molar-refractivity contribution is -0.386. The molecule has 0 radical (unpaired) electrons. The molecule has 1 aromatic heterocycles. The predicted molar refractivity (Wildman–Crippen MR) is 71.4 cm³/mol. The van der Waals surface area contributed by atoms with E-state index in [9.17, 15) is 23.3 Å². The van der Waals surface area contributed by atoms with Gasteiger partial charge < -0.3 is 4.74 Å². The Morgan fingerprint density at radius 3 is 2.45 bits per heavy atom. The van der Waals surface area contributed by atoms with Gasteiger partial charge in [0.25, 0.3) is 5.88 Å². The Hall–Kier alpha value is -2.64. The van der Waals surface area contributed by atoms with Gasteiger partial charge in [0.15, 0.2) is 0 Å². The van der Waals surface area contributed by atoms with Crippen LogP contribution >= 0.6 is 0 Å². The summed E-state index contributed by atoms with van der Waals surface area (Å²) in [4.78, 5) is 13.3. The number of ether oxygens (including phenoxy) is 1. The number of benzene rings is 1. The molecule has 8 heteroatoms. The number of nitrogens with zero attached hydrogens (tertiary/aromatic N) is 2. The van der Waals surface area contributed by atoms with E-state index in [0.29, 0.717) is 12.3 Å². The van der Waals surface area contributed by atoms with Crippen molar-refractivity contribution >= 4 is 5.69 Å². The van der Waals surface area contributed by atoms with E-state index in [-0.39, 0.29) is 6.61 Å². The standard InChI is InChI=1S/C14H11F3N2O3/c1-9-2-4-10(5-3-9)8-22-13-12(19(20)21)6-11(7-18-13)14(15,16)17/h2-7H,8H2,1H3. The van der Waals surface area contributed by atoms with Gasteiger partial charge in [0.05, 0.1) is 10.5 Å². The highest BCUT2D eigenvalue weighted by Gasteiger charge is 2.34. The van der Waals surface area contributed by atoms with E-state index in [4.69, 9.17) is 4.74 Å². The maximum atomic E-state index is 12.5. The number of nitro groups is 1. The summed E-state index contributed by atoms with van der Waals surface area (Å²) in [6, 6.07) is 7.58. The van der Waals surface area contributed by atoms with Crippen molar-refractivity contribution in [2.75, 3.05) is 0 Å². The van der Waals surface area contributed by atoms with E-state index in [1.54, 1.807) is 12.1 Å². The number of aryl methyl sites for hydroxylation is 1. The average Bonchev–Trinajstić information content (AvgIpc) is 2.45. The highest BCUT2D eigenvalue weighted by atomic mass is 19.4. The fraction of sp³-hybridized carbons (Fsp3) is 0.214. The molecule has 1 aromatic carbocycles. The van der Waals surface area contributed by atoms with Crippen molar-refractivity contribution in [3.63, 3.8) is 0 Å². The van der Waals surface area contributed by atoms with Gasteiger partial charge in [-0.3, -0.25) is 10.1 Å². The van der Waals surface area contributed by atoms with Crippen molar-refractivity contribution in [3.8, 4) is 5.88 Å². The van der Waals surface area contributed by atoms with Gasteiger partial charge in [-0.2, -0.15) is 13.2 Å². The number of rotatable bonds is 4. The maximum Gasteiger partial charge on any atom is 0.418 e. The second-order valence-corrected chi connectivity index (χ2v) is 4.58. The average molecular weight is 312 g/mol. The monoisotopic (exact) mass is 312 g/mol. The van der Waals surface area contributed by atoms with Crippen molar-refractivity contribution in [1.82, 2.24) is 4.98 Å². The largest absolute Gasteiger partial charge is 0.468 e. The number of hydrogen-bond acceptors (Lipinski definition) is 4. The van der Waals surface area contributed by atoms with Gasteiger partial charge in [0.2, 0.25) is 0 Å². The molecule has 5 nitrogen and oxygen atoms in total. The highest BCUT2D eigenvalue weighted by Crippen LogP contribution is 2.34. The van der Waals surface area contributed by atoms with Gasteiger partial charge in [-0.25, -0.2) is 4.98 Å². The van der Waals surface area contributed by atoms with Crippen LogP contribution in [0.3, 0.4) is 0 Å². The van der Waals surface area contributed by atoms with Crippen molar-refractivity contribution < 1.29 is 22.8 Å². The summed E-state index contributed by atoms with van der Waals surface area (Å²) < 4.78 is 42.8. The molecule has 0 bridgehead atoms. The van der Waals surface area contributed by atoms with Crippen LogP contribution in [0, 0.1) is 17.0 Å². The molecule has 0 saturated carbocycles. The Bertz CT molecular complexity index is 685. The van der Waals surface area contributed by atoms with Gasteiger partial charge >= 0.3 is 11.9 Å². The van der Waals surface area contributed by atoms with Crippen LogP contribution in [0.15, 0.2) is 36.5 Å². The molecule has 0 amide bonds. The van der Waals surface area contributed by atoms with Gasteiger partial charge in [-0.1, -0.05) is 29.8 Å². The molecule has 0 unspecified atom stereocenters. The molecule has 0 aliphatic carbocycles. The second kappa shape index (κ2) is 6.00. The van der Waals surface area contributed by atoms with E-state index >= 15 is 0 Å². The van der Waals surface area contributed by atoms with E-state index < -0.39 is 28.2 Å². The number of alkyl halides is 3. The number of halogens is 3. The van der Waals surface area contributed by atoms with Crippen molar-refractivity contribution in [3.05, 3.63) is 63.3 Å². The van der Waals surface area contributed by atoms with E-state index in [2.05, 4.69) is 4.98 Å². The summed E-state index contributed by atoms with van der Waals surface area (Å²) in [5, 5.41) is 10.9. The minimum absolute atomic E-state index is 0.0283. The normalized spacial score (nSPS) is 11.3. The molecule has 0 fully saturated rings. The zero-order valence-electron chi connectivity index (χ0n) is 11.4. The van der Waals surface area contributed by atoms with Crippen LogP contribution in [0.1, 0.15) is 16.7 Å². The Morgan fingerprint density at radius 1 is 1.27 bits per heavy atom. The summed E-state index contributed by atoms with van der Waals surface area (Å²) in [6.07, 6.45) is -4.19. The van der Waals surface area contributed by atoms with Gasteiger partial charge in [-0.15, -0.1) is 0 Å². The number of pyridine rings is 1. The Morgan fingerprint density at radius 2 is 1.91 bits per heavy atom. The van der Waals surface area contributed by atoms with Crippen molar-refractivity contribution in [2.24, 2.45) is 0 Å². The highest BCUT2D eigenvalue weighted by molar-refractivity contribution is 5.43. The third-order valence-electron chi connectivity index (χ3n) is 2.85. The van der Waals surface area contributed by atoms with Crippen LogP contribution in [0.2, 0.25) is 0 Å². The van der Waals surface area contributed by atoms with E-state index in [1.807, 2.05) is 19.1 Å². The Labute approximate surface area is 123 Å². The minimum atomic E-state index is -4.70. The van der Waals surface area contributed by atoms with Crippen LogP contribution in [-0.2, 0) is 12.8 Å². The molecule has 0 aliphatic heterocycles. The molecule has 0 aliphatic rings. The van der Waals surface area contributed by atoms with Crippen LogP contribution in [-0.4, -0.2) is 9.91 Å². The minimum Gasteiger partial charge on any atom is -0.468 e. The van der Waals surface area contributed by atoms with Crippen LogP contribution in [0.5, 0.6) is 5.88 Å². The first kappa shape index (κ1) is 15.7. The van der Waals surface area contributed by atoms with E-state index in [0.717, 1.165) is 11.1 Å². The SMILES string of the molecule is Cc1ccc(COc2ncc(C(F)(F)F)cc2[N+](=O)[O-])cc1. The fourth-order valence-corrected chi connectivity index (χ4v) is 1.67. The molecule has 1 heterocycles. The van der Waals surface area contributed by atoms with Gasteiger partial charge in [0.1, 0.15) is 6.61 Å². The molecule has 0 atom stereocenters. The topological polar surface area (TPSA) is 65.3 Å². The zero-order chi connectivity index (χ0) is 16.3. The second-order valence-electron chi connectivity index (χ2n) is 4.58. The molecule has 2 aromatic rings. The summed E-state index contributed by atoms with van der Waals surface area (Å²) in [7, 11) is 0. The molecular formula is C14H11F3N2O3. The first-order valence-corrected chi connectivity index (χ1v) is 6.17. The fourth-order valence-electron chi connectivity index (χ4n) is 1.67. The lowest BCUT2D eigenvalue weighted by Gasteiger charge is -2.09. The van der Waals surface area contributed by atoms with Gasteiger partial charge in [-0.05, 0) is 12.5 Å². The molecule has 0 spiro atoms. The van der Waals surface area contributed by atoms with Crippen molar-refractivity contribution in [2.45, 2.75) is 19.7 Å². The third-order valence-corrected chi connectivity index (χ3v) is 2.85. The number of hydrogen-bond donors (Lipinski definition) is 0. The molecular weight excluding hydrogens is 301 g/mol. The lowest BCUT2D eigenvalue weighted by atomic mass is 10.2. The maximum absolute atomic E-state index is 12.5. The molecule has 22 heavy (non-hydrogen) atoms. The Balaban J connectivity index is 2.23. The summed E-state index contributed by atoms with van der Waals surface area (Å²) in [5.74, 6) is -0.446. The van der Waals surface area contributed by atoms with Crippen LogP contribution in [0.25, 0.3) is 0 Å². The quantitative estimate of drug-likeness (QED) is 0.634.